The molecule has 1 aromatic heterocycles. The van der Waals surface area contributed by atoms with Crippen molar-refractivity contribution in [3.63, 3.8) is 0 Å². The van der Waals surface area contributed by atoms with Gasteiger partial charge in [0, 0.05) is 31.5 Å². The molecule has 0 saturated carbocycles. The summed E-state index contributed by atoms with van der Waals surface area (Å²) in [5, 5.41) is 6.18. The van der Waals surface area contributed by atoms with Crippen molar-refractivity contribution in [2.24, 2.45) is 0 Å². The molecule has 0 aromatic carbocycles. The Bertz CT molecular complexity index is 222. The van der Waals surface area contributed by atoms with E-state index in [-0.39, 0.29) is 0 Å². The Hall–Kier alpha value is -1.25. The van der Waals surface area contributed by atoms with Crippen LogP contribution in [0.3, 0.4) is 0 Å². The van der Waals surface area contributed by atoms with Gasteiger partial charge in [-0.05, 0) is 13.0 Å². The number of nitrogens with one attached hydrogen (secondary N) is 2. The molecule has 0 amide bonds. The van der Waals surface area contributed by atoms with E-state index >= 15 is 0 Å². The van der Waals surface area contributed by atoms with E-state index in [0.29, 0.717) is 0 Å². The summed E-state index contributed by atoms with van der Waals surface area (Å²) in [7, 11) is 1.89. The van der Waals surface area contributed by atoms with Crippen LogP contribution in [0.4, 0.5) is 11.5 Å². The van der Waals surface area contributed by atoms with E-state index in [4.69, 9.17) is 0 Å². The predicted octanol–water partition coefficient (Wildman–Crippen LogP) is 1.56. The molecule has 1 heterocycles. The average Bonchev–Trinajstić information content (AvgIpc) is 2.06. The van der Waals surface area contributed by atoms with E-state index in [9.17, 15) is 0 Å². The lowest BCUT2D eigenvalue weighted by Crippen LogP contribution is -1.99. The van der Waals surface area contributed by atoms with Gasteiger partial charge in [-0.25, -0.2) is 4.98 Å². The van der Waals surface area contributed by atoms with Gasteiger partial charge in [0.05, 0.1) is 0 Å². The molecule has 0 fully saturated rings. The van der Waals surface area contributed by atoms with Crippen LogP contribution in [0.5, 0.6) is 0 Å². The fourth-order valence-electron chi connectivity index (χ4n) is 0.864. The standard InChI is InChI=1S/C8H13N3/c1-3-10-8-6-7(9-2)4-5-11-8/h4-6H,3H2,1-2H3,(H2,9,10,11). The molecule has 2 N–H and O–H groups in total. The van der Waals surface area contributed by atoms with E-state index in [1.807, 2.05) is 26.1 Å². The minimum atomic E-state index is 0.903. The van der Waals surface area contributed by atoms with Crippen molar-refractivity contribution >= 4 is 11.5 Å². The van der Waals surface area contributed by atoms with Crippen molar-refractivity contribution in [2.45, 2.75) is 6.92 Å². The molecule has 0 aliphatic carbocycles. The van der Waals surface area contributed by atoms with Crippen molar-refractivity contribution in [1.29, 1.82) is 0 Å². The van der Waals surface area contributed by atoms with Crippen LogP contribution < -0.4 is 10.6 Å². The molecule has 0 atom stereocenters. The molecule has 0 aliphatic heterocycles. The number of anilines is 2. The number of pyridine rings is 1. The fraction of sp³-hybridized carbons (Fsp3) is 0.375. The summed E-state index contributed by atoms with van der Waals surface area (Å²) in [6, 6.07) is 3.91. The predicted molar refractivity (Wildman–Crippen MR) is 47.9 cm³/mol. The summed E-state index contributed by atoms with van der Waals surface area (Å²) < 4.78 is 0. The van der Waals surface area contributed by atoms with Crippen LogP contribution in [0.1, 0.15) is 6.92 Å². The second-order valence-corrected chi connectivity index (χ2v) is 2.21. The number of hydrogen-bond acceptors (Lipinski definition) is 3. The highest BCUT2D eigenvalue weighted by Gasteiger charge is 1.91. The molecule has 3 nitrogen and oxygen atoms in total. The van der Waals surface area contributed by atoms with Gasteiger partial charge in [-0.15, -0.1) is 0 Å². The zero-order valence-electron chi connectivity index (χ0n) is 6.89. The van der Waals surface area contributed by atoms with E-state index in [2.05, 4.69) is 15.6 Å². The largest absolute Gasteiger partial charge is 0.388 e. The first-order valence-electron chi connectivity index (χ1n) is 3.74. The lowest BCUT2D eigenvalue weighted by Gasteiger charge is -2.03. The SMILES string of the molecule is CCNc1cc(NC)ccn1. The van der Waals surface area contributed by atoms with Gasteiger partial charge in [-0.3, -0.25) is 0 Å². The van der Waals surface area contributed by atoms with Gasteiger partial charge in [-0.1, -0.05) is 0 Å². The van der Waals surface area contributed by atoms with Crippen molar-refractivity contribution in [3.05, 3.63) is 18.3 Å². The maximum atomic E-state index is 4.13. The van der Waals surface area contributed by atoms with Gasteiger partial charge in [0.2, 0.25) is 0 Å². The third kappa shape index (κ3) is 2.11. The lowest BCUT2D eigenvalue weighted by molar-refractivity contribution is 1.16. The molecular weight excluding hydrogens is 138 g/mol. The highest BCUT2D eigenvalue weighted by Crippen LogP contribution is 2.09. The molecular formula is C8H13N3. The van der Waals surface area contributed by atoms with Crippen LogP contribution in [0.15, 0.2) is 18.3 Å². The Morgan fingerprint density at radius 2 is 2.36 bits per heavy atom. The first kappa shape index (κ1) is 7.85. The fourth-order valence-corrected chi connectivity index (χ4v) is 0.864. The van der Waals surface area contributed by atoms with Crippen molar-refractivity contribution in [2.75, 3.05) is 24.2 Å². The van der Waals surface area contributed by atoms with E-state index in [1.165, 1.54) is 0 Å². The van der Waals surface area contributed by atoms with Crippen LogP contribution in [-0.4, -0.2) is 18.6 Å². The summed E-state index contributed by atoms with van der Waals surface area (Å²) in [6.07, 6.45) is 1.78. The van der Waals surface area contributed by atoms with E-state index in [0.717, 1.165) is 18.1 Å². The van der Waals surface area contributed by atoms with Gasteiger partial charge < -0.3 is 10.6 Å². The number of aromatic nitrogens is 1. The summed E-state index contributed by atoms with van der Waals surface area (Å²) in [6.45, 7) is 2.95. The summed E-state index contributed by atoms with van der Waals surface area (Å²) >= 11 is 0. The molecule has 1 aromatic rings. The molecule has 0 unspecified atom stereocenters. The zero-order chi connectivity index (χ0) is 8.10. The molecule has 1 rings (SSSR count). The second kappa shape index (κ2) is 3.81. The monoisotopic (exact) mass is 151 g/mol. The minimum absolute atomic E-state index is 0.903. The summed E-state index contributed by atoms with van der Waals surface area (Å²) in [5.74, 6) is 0.916. The number of rotatable bonds is 3. The van der Waals surface area contributed by atoms with Gasteiger partial charge in [0.1, 0.15) is 5.82 Å². The van der Waals surface area contributed by atoms with Crippen LogP contribution in [0.25, 0.3) is 0 Å². The van der Waals surface area contributed by atoms with Crippen molar-refractivity contribution in [3.8, 4) is 0 Å². The molecule has 3 heteroatoms. The maximum absolute atomic E-state index is 4.13. The lowest BCUT2D eigenvalue weighted by atomic mass is 10.4. The first-order valence-corrected chi connectivity index (χ1v) is 3.74. The van der Waals surface area contributed by atoms with Crippen LogP contribution in [-0.2, 0) is 0 Å². The van der Waals surface area contributed by atoms with Gasteiger partial charge >= 0.3 is 0 Å². The van der Waals surface area contributed by atoms with Gasteiger partial charge in [0.15, 0.2) is 0 Å². The number of hydrogen-bond donors (Lipinski definition) is 2. The first-order chi connectivity index (χ1) is 5.36. The van der Waals surface area contributed by atoms with Gasteiger partial charge in [0.25, 0.3) is 0 Å². The Morgan fingerprint density at radius 3 is 3.00 bits per heavy atom. The molecule has 60 valence electrons. The molecule has 0 spiro atoms. The number of nitrogens with zero attached hydrogens (tertiary/aromatic N) is 1. The Kier molecular flexibility index (Phi) is 2.72. The van der Waals surface area contributed by atoms with Crippen LogP contribution >= 0.6 is 0 Å². The highest BCUT2D eigenvalue weighted by molar-refractivity contribution is 5.51. The maximum Gasteiger partial charge on any atom is 0.127 e. The third-order valence-electron chi connectivity index (χ3n) is 1.41. The minimum Gasteiger partial charge on any atom is -0.388 e. The normalized spacial score (nSPS) is 9.27. The Morgan fingerprint density at radius 1 is 1.55 bits per heavy atom. The third-order valence-corrected chi connectivity index (χ3v) is 1.41. The smallest absolute Gasteiger partial charge is 0.127 e. The van der Waals surface area contributed by atoms with Crippen LogP contribution in [0, 0.1) is 0 Å². The summed E-state index contributed by atoms with van der Waals surface area (Å²) in [5.41, 5.74) is 1.08. The molecule has 0 bridgehead atoms. The molecule has 0 radical (unpaired) electrons. The van der Waals surface area contributed by atoms with Crippen LogP contribution in [0.2, 0.25) is 0 Å². The molecule has 11 heavy (non-hydrogen) atoms. The van der Waals surface area contributed by atoms with E-state index in [1.54, 1.807) is 6.20 Å². The zero-order valence-corrected chi connectivity index (χ0v) is 6.89. The molecule has 0 saturated heterocycles. The summed E-state index contributed by atoms with van der Waals surface area (Å²) in [4.78, 5) is 4.13. The highest BCUT2D eigenvalue weighted by atomic mass is 15.0. The average molecular weight is 151 g/mol. The van der Waals surface area contributed by atoms with Crippen molar-refractivity contribution < 1.29 is 0 Å². The van der Waals surface area contributed by atoms with E-state index < -0.39 is 0 Å². The topological polar surface area (TPSA) is 37.0 Å². The van der Waals surface area contributed by atoms with Gasteiger partial charge in [-0.2, -0.15) is 0 Å². The van der Waals surface area contributed by atoms with Crippen molar-refractivity contribution in [1.82, 2.24) is 4.98 Å². The Labute approximate surface area is 66.8 Å². The Balaban J connectivity index is 2.74. The second-order valence-electron chi connectivity index (χ2n) is 2.21. The quantitative estimate of drug-likeness (QED) is 0.688. The molecule has 0 aliphatic rings.